The number of para-hydroxylation sites is 1. The van der Waals surface area contributed by atoms with Crippen molar-refractivity contribution in [3.8, 4) is 6.07 Å². The summed E-state index contributed by atoms with van der Waals surface area (Å²) in [5, 5.41) is 20.8. The molecular weight excluding hydrogens is 378 g/mol. The molecule has 0 aliphatic heterocycles. The molecule has 0 saturated carbocycles. The van der Waals surface area contributed by atoms with Gasteiger partial charge in [0.1, 0.15) is 11.9 Å². The number of rotatable bonds is 6. The Morgan fingerprint density at radius 2 is 1.86 bits per heavy atom. The molecule has 0 unspecified atom stereocenters. The fraction of sp³-hybridized carbons (Fsp3) is 0.261. The van der Waals surface area contributed by atoms with E-state index in [2.05, 4.69) is 40.0 Å². The van der Waals surface area contributed by atoms with Crippen molar-refractivity contribution in [2.45, 2.75) is 27.2 Å². The van der Waals surface area contributed by atoms with Crippen LogP contribution in [0, 0.1) is 32.1 Å². The molecule has 0 aliphatic rings. The second-order valence-electron chi connectivity index (χ2n) is 7.12. The number of hydrogen-bond donors (Lipinski definition) is 3. The summed E-state index contributed by atoms with van der Waals surface area (Å²) in [6, 6.07) is 16.3. The van der Waals surface area contributed by atoms with Gasteiger partial charge in [-0.1, -0.05) is 24.3 Å². The first-order valence-corrected chi connectivity index (χ1v) is 10.0. The maximum atomic E-state index is 9.49. The third kappa shape index (κ3) is 5.21. The van der Waals surface area contributed by atoms with Gasteiger partial charge in [-0.15, -0.1) is 0 Å². The molecule has 3 rings (SSSR count). The fourth-order valence-electron chi connectivity index (χ4n) is 3.23. The highest BCUT2D eigenvalue weighted by atomic mass is 32.1. The highest BCUT2D eigenvalue weighted by Crippen LogP contribution is 2.24. The van der Waals surface area contributed by atoms with Crippen LogP contribution < -0.4 is 16.0 Å². The van der Waals surface area contributed by atoms with Gasteiger partial charge in [0.05, 0.1) is 11.1 Å². The summed E-state index contributed by atoms with van der Waals surface area (Å²) in [4.78, 5) is 4.67. The predicted molar refractivity (Wildman–Crippen MR) is 124 cm³/mol. The first-order chi connectivity index (χ1) is 14.0. The van der Waals surface area contributed by atoms with Crippen molar-refractivity contribution in [2.24, 2.45) is 0 Å². The van der Waals surface area contributed by atoms with Crippen LogP contribution in [0.5, 0.6) is 0 Å². The first kappa shape index (κ1) is 20.6. The molecule has 0 aliphatic carbocycles. The second-order valence-corrected chi connectivity index (χ2v) is 7.53. The standard InChI is InChI=1S/C23H25N5S/c1-15-11-17(3)19-13-18(14-24)22(27-21(19)12-15)25-9-6-10-26-23(29)28-20-8-5-4-7-16(20)2/h4-5,7-8,11-13H,6,9-10H2,1-3H3,(H,25,27)(H2,26,28,29). The molecule has 0 fully saturated rings. The number of nitrogens with zero attached hydrogens (tertiary/aromatic N) is 2. The van der Waals surface area contributed by atoms with Gasteiger partial charge >= 0.3 is 0 Å². The molecule has 5 nitrogen and oxygen atoms in total. The molecule has 148 valence electrons. The molecule has 3 N–H and O–H groups in total. The molecule has 0 atom stereocenters. The highest BCUT2D eigenvalue weighted by molar-refractivity contribution is 7.80. The Morgan fingerprint density at radius 1 is 1.07 bits per heavy atom. The van der Waals surface area contributed by atoms with Gasteiger partial charge in [-0.25, -0.2) is 4.98 Å². The molecule has 2 aromatic carbocycles. The van der Waals surface area contributed by atoms with E-state index in [1.165, 1.54) is 0 Å². The quantitative estimate of drug-likeness (QED) is 0.405. The lowest BCUT2D eigenvalue weighted by Crippen LogP contribution is -2.30. The minimum absolute atomic E-state index is 0.564. The predicted octanol–water partition coefficient (Wildman–Crippen LogP) is 4.82. The first-order valence-electron chi connectivity index (χ1n) is 9.64. The van der Waals surface area contributed by atoms with Crippen LogP contribution in [0.2, 0.25) is 0 Å². The van der Waals surface area contributed by atoms with Crippen LogP contribution in [0.25, 0.3) is 10.9 Å². The zero-order valence-corrected chi connectivity index (χ0v) is 17.8. The van der Waals surface area contributed by atoms with Gasteiger partial charge in [0.2, 0.25) is 0 Å². The summed E-state index contributed by atoms with van der Waals surface area (Å²) >= 11 is 5.36. The van der Waals surface area contributed by atoms with Gasteiger partial charge < -0.3 is 16.0 Å². The number of pyridine rings is 1. The zero-order chi connectivity index (χ0) is 20.8. The summed E-state index contributed by atoms with van der Waals surface area (Å²) in [5.41, 5.74) is 5.93. The number of benzene rings is 2. The number of nitrogens with one attached hydrogen (secondary N) is 3. The van der Waals surface area contributed by atoms with Crippen LogP contribution in [0.4, 0.5) is 11.5 Å². The van der Waals surface area contributed by atoms with E-state index in [0.29, 0.717) is 23.0 Å². The second kappa shape index (κ2) is 9.35. The Labute approximate surface area is 177 Å². The topological polar surface area (TPSA) is 72.8 Å². The number of anilines is 2. The SMILES string of the molecule is Cc1cc(C)c2cc(C#N)c(NCCCNC(=S)Nc3ccccc3C)nc2c1. The van der Waals surface area contributed by atoms with Gasteiger partial charge in [0.25, 0.3) is 0 Å². The number of thiocarbonyl (C=S) groups is 1. The fourth-order valence-corrected chi connectivity index (χ4v) is 3.44. The Kier molecular flexibility index (Phi) is 6.63. The van der Waals surface area contributed by atoms with E-state index in [-0.39, 0.29) is 0 Å². The summed E-state index contributed by atoms with van der Waals surface area (Å²) in [6.07, 6.45) is 0.840. The molecule has 0 radical (unpaired) electrons. The zero-order valence-electron chi connectivity index (χ0n) is 17.0. The van der Waals surface area contributed by atoms with E-state index >= 15 is 0 Å². The molecule has 3 aromatic rings. The number of aryl methyl sites for hydroxylation is 3. The molecule has 1 aromatic heterocycles. The third-order valence-corrected chi connectivity index (χ3v) is 4.98. The van der Waals surface area contributed by atoms with Crippen molar-refractivity contribution in [3.05, 3.63) is 64.7 Å². The van der Waals surface area contributed by atoms with Crippen molar-refractivity contribution in [1.82, 2.24) is 10.3 Å². The van der Waals surface area contributed by atoms with E-state index in [0.717, 1.165) is 46.2 Å². The van der Waals surface area contributed by atoms with Crippen LogP contribution in [-0.2, 0) is 0 Å². The third-order valence-electron chi connectivity index (χ3n) is 4.73. The lowest BCUT2D eigenvalue weighted by Gasteiger charge is -2.13. The summed E-state index contributed by atoms with van der Waals surface area (Å²) in [6.45, 7) is 7.56. The van der Waals surface area contributed by atoms with Crippen LogP contribution >= 0.6 is 12.2 Å². The Hall–Kier alpha value is -3.17. The average molecular weight is 404 g/mol. The van der Waals surface area contributed by atoms with Crippen LogP contribution in [-0.4, -0.2) is 23.2 Å². The van der Waals surface area contributed by atoms with E-state index in [9.17, 15) is 5.26 Å². The summed E-state index contributed by atoms with van der Waals surface area (Å²) in [7, 11) is 0. The molecule has 0 bridgehead atoms. The van der Waals surface area contributed by atoms with Gasteiger partial charge in [-0.05, 0) is 74.3 Å². The van der Waals surface area contributed by atoms with E-state index < -0.39 is 0 Å². The molecule has 29 heavy (non-hydrogen) atoms. The smallest absolute Gasteiger partial charge is 0.170 e. The maximum Gasteiger partial charge on any atom is 0.170 e. The number of aromatic nitrogens is 1. The van der Waals surface area contributed by atoms with Crippen molar-refractivity contribution in [3.63, 3.8) is 0 Å². The van der Waals surface area contributed by atoms with E-state index in [1.807, 2.05) is 50.2 Å². The monoisotopic (exact) mass is 403 g/mol. The maximum absolute atomic E-state index is 9.49. The van der Waals surface area contributed by atoms with Gasteiger partial charge in [0.15, 0.2) is 5.11 Å². The minimum atomic E-state index is 0.564. The minimum Gasteiger partial charge on any atom is -0.369 e. The summed E-state index contributed by atoms with van der Waals surface area (Å²) < 4.78 is 0. The molecule has 0 amide bonds. The van der Waals surface area contributed by atoms with Crippen molar-refractivity contribution >= 4 is 39.7 Å². The molecule has 6 heteroatoms. The Balaban J connectivity index is 1.54. The van der Waals surface area contributed by atoms with E-state index in [1.54, 1.807) is 0 Å². The Bertz CT molecular complexity index is 1080. The highest BCUT2D eigenvalue weighted by Gasteiger charge is 2.09. The van der Waals surface area contributed by atoms with Crippen LogP contribution in [0.1, 0.15) is 28.7 Å². The number of hydrogen-bond acceptors (Lipinski definition) is 4. The van der Waals surface area contributed by atoms with E-state index in [4.69, 9.17) is 12.2 Å². The van der Waals surface area contributed by atoms with Gasteiger partial charge in [-0.2, -0.15) is 5.26 Å². The normalized spacial score (nSPS) is 10.4. The van der Waals surface area contributed by atoms with Gasteiger partial charge in [0, 0.05) is 24.2 Å². The lowest BCUT2D eigenvalue weighted by molar-refractivity contribution is 0.807. The number of fused-ring (bicyclic) bond motifs is 1. The molecule has 1 heterocycles. The average Bonchev–Trinajstić information content (AvgIpc) is 2.69. The van der Waals surface area contributed by atoms with Crippen LogP contribution in [0.15, 0.2) is 42.5 Å². The molecular formula is C23H25N5S. The Morgan fingerprint density at radius 3 is 2.62 bits per heavy atom. The van der Waals surface area contributed by atoms with Gasteiger partial charge in [-0.3, -0.25) is 0 Å². The largest absolute Gasteiger partial charge is 0.369 e. The van der Waals surface area contributed by atoms with Crippen molar-refractivity contribution in [2.75, 3.05) is 23.7 Å². The molecule has 0 saturated heterocycles. The lowest BCUT2D eigenvalue weighted by atomic mass is 10.0. The van der Waals surface area contributed by atoms with Crippen LogP contribution in [0.3, 0.4) is 0 Å². The molecule has 0 spiro atoms. The van der Waals surface area contributed by atoms with Crippen molar-refractivity contribution < 1.29 is 0 Å². The number of nitriles is 1. The summed E-state index contributed by atoms with van der Waals surface area (Å²) in [5.74, 6) is 0.630. The van der Waals surface area contributed by atoms with Crippen molar-refractivity contribution in [1.29, 1.82) is 5.26 Å².